The summed E-state index contributed by atoms with van der Waals surface area (Å²) < 4.78 is 0. The lowest BCUT2D eigenvalue weighted by Gasteiger charge is -2.63. The van der Waals surface area contributed by atoms with Gasteiger partial charge in [0.1, 0.15) is 0 Å². The van der Waals surface area contributed by atoms with E-state index in [2.05, 4.69) is 484 Å². The van der Waals surface area contributed by atoms with Gasteiger partial charge in [-0.25, -0.2) is 0 Å². The minimum atomic E-state index is 0.227. The predicted molar refractivity (Wildman–Crippen MR) is 586 cm³/mol. The number of benzene rings is 16. The van der Waals surface area contributed by atoms with E-state index in [0.29, 0.717) is 0 Å². The fraction of sp³-hybridized carbons (Fsp3) is 0.242. The zero-order chi connectivity index (χ0) is 93.9. The second-order valence-electron chi connectivity index (χ2n) is 41.4. The summed E-state index contributed by atoms with van der Waals surface area (Å²) in [4.78, 5) is 14.3. The van der Waals surface area contributed by atoms with Crippen LogP contribution in [0.1, 0.15) is 183 Å². The predicted octanol–water partition coefficient (Wildman–Crippen LogP) is 37.0. The molecule has 8 aliphatic rings. The SMILES string of the molecule is C=Cc1ccc(C23CC4CC(C2)CC(c2ccc(N(c5ccc(CCCC)cc5)c5ccc(N(c6ccc(C)cc6)c6ccc(N(c7ccc(C)cc7)c7ccc(C)cc7)cc6)cc5)cc2)(C4)C3)cc1.C=Cc1ccc(C23CC4CC(C2)CC(c2ccc(N(c5ccc(CCCC)cc5)c5ccc(N(c6ccc(C)cc6)c6ccc(N(c7ccccc7)c7ccccc7)cc6)cc5)cc2)(C4)C3)cc1. The maximum absolute atomic E-state index is 4.03. The molecule has 4 unspecified atom stereocenters. The molecule has 16 aromatic carbocycles. The minimum Gasteiger partial charge on any atom is -0.311 e. The van der Waals surface area contributed by atoms with Gasteiger partial charge in [-0.05, 0) is 439 Å². The van der Waals surface area contributed by atoms with Crippen LogP contribution in [-0.2, 0) is 34.5 Å². The van der Waals surface area contributed by atoms with Gasteiger partial charge in [0.2, 0.25) is 0 Å². The third-order valence-corrected chi connectivity index (χ3v) is 31.8. The van der Waals surface area contributed by atoms with Crippen molar-refractivity contribution >= 4 is 115 Å². The monoisotopic (exact) mass is 1800 g/mol. The van der Waals surface area contributed by atoms with Gasteiger partial charge in [0.15, 0.2) is 0 Å². The lowest BCUT2D eigenvalue weighted by molar-refractivity contribution is -0.0282. The second kappa shape index (κ2) is 39.1. The number of hydrogen-bond acceptors (Lipinski definition) is 6. The average molecular weight is 1800 g/mol. The number of aryl methyl sites for hydroxylation is 6. The molecule has 0 aromatic heterocycles. The molecule has 16 aromatic rings. The molecule has 6 heteroatoms. The molecule has 0 aliphatic heterocycles. The minimum absolute atomic E-state index is 0.227. The lowest BCUT2D eigenvalue weighted by atomic mass is 9.41. The summed E-state index contributed by atoms with van der Waals surface area (Å²) in [7, 11) is 0. The first-order valence-corrected chi connectivity index (χ1v) is 51.0. The van der Waals surface area contributed by atoms with Gasteiger partial charge < -0.3 is 29.4 Å². The van der Waals surface area contributed by atoms with E-state index in [0.717, 1.165) is 116 Å². The largest absolute Gasteiger partial charge is 0.311 e. The third-order valence-electron chi connectivity index (χ3n) is 31.8. The zero-order valence-corrected chi connectivity index (χ0v) is 81.4. The summed E-state index contributed by atoms with van der Waals surface area (Å²) in [6, 6.07) is 150. The van der Waals surface area contributed by atoms with Crippen molar-refractivity contribution in [3.63, 3.8) is 0 Å². The van der Waals surface area contributed by atoms with Crippen molar-refractivity contribution in [2.24, 2.45) is 23.7 Å². The maximum Gasteiger partial charge on any atom is 0.0463 e. The fourth-order valence-corrected chi connectivity index (χ4v) is 25.8. The van der Waals surface area contributed by atoms with E-state index < -0.39 is 0 Å². The van der Waals surface area contributed by atoms with Gasteiger partial charge in [0.25, 0.3) is 0 Å². The van der Waals surface area contributed by atoms with Crippen molar-refractivity contribution in [3.8, 4) is 0 Å². The Hall–Kier alpha value is -14.2. The van der Waals surface area contributed by atoms with E-state index >= 15 is 0 Å². The normalized spacial score (nSPS) is 20.1. The molecule has 6 nitrogen and oxygen atoms in total. The Bertz CT molecular complexity index is 6710. The quantitative estimate of drug-likeness (QED) is 0.0444. The molecule has 4 atom stereocenters. The molecular weight excluding hydrogens is 1670 g/mol. The average Bonchev–Trinajstić information content (AvgIpc) is 0.706. The van der Waals surface area contributed by atoms with Crippen LogP contribution in [0.15, 0.2) is 414 Å². The summed E-state index contributed by atoms with van der Waals surface area (Å²) in [6.07, 6.45) is 26.9. The molecular formula is C132H130N6. The van der Waals surface area contributed by atoms with Crippen LogP contribution in [0.5, 0.6) is 0 Å². The standard InChI is InChI=1S/C67H67N3.C65H63N3/c1-6-8-9-52-18-30-60(31-19-52)70(61-32-22-56(23-33-61)67-45-53-42-54(46-67)44-66(43-53,47-67)55-20-16-51(7-2)17-21-55)65-40-38-64(39-41-65)69(59-28-14-50(5)15-29-59)63-36-34-62(35-37-63)68(57-24-10-48(3)11-25-57)58-26-12-49(4)13-27-58;1-4-6-13-50-22-30-58(31-23-50)68(59-32-26-54(27-33-59)65-45-51-42-52(46-65)44-64(43-51,47-65)53-24-20-49(5-2)21-25-53)63-40-38-62(39-41-63)67(57-28-18-48(3)19-29-57)61-36-34-60(35-37-61)66(55-14-9-7-10-15-55)56-16-11-8-12-17-56/h7,10-41,53-54H,2,6,8-9,42-47H2,1,3-5H3;5,7-12,14-41,51-52H,2,4,6,13,42-47H2,1,3H3. The Labute approximate surface area is 821 Å². The first-order valence-electron chi connectivity index (χ1n) is 51.0. The van der Waals surface area contributed by atoms with E-state index in [9.17, 15) is 0 Å². The Morgan fingerprint density at radius 1 is 0.217 bits per heavy atom. The van der Waals surface area contributed by atoms with Crippen LogP contribution in [0.4, 0.5) is 102 Å². The van der Waals surface area contributed by atoms with Gasteiger partial charge in [-0.15, -0.1) is 0 Å². The number of nitrogens with zero attached hydrogens (tertiary/aromatic N) is 6. The Morgan fingerprint density at radius 3 is 0.572 bits per heavy atom. The van der Waals surface area contributed by atoms with Crippen LogP contribution in [-0.4, -0.2) is 0 Å². The molecule has 8 fully saturated rings. The van der Waals surface area contributed by atoms with Crippen LogP contribution in [0.25, 0.3) is 12.2 Å². The molecule has 0 heterocycles. The number of rotatable bonds is 30. The van der Waals surface area contributed by atoms with Crippen molar-refractivity contribution in [1.82, 2.24) is 0 Å². The molecule has 0 spiro atoms. The Kier molecular flexibility index (Phi) is 25.6. The highest BCUT2D eigenvalue weighted by atomic mass is 15.2. The van der Waals surface area contributed by atoms with E-state index in [-0.39, 0.29) is 21.7 Å². The highest BCUT2D eigenvalue weighted by molar-refractivity contribution is 5.87. The summed E-state index contributed by atoms with van der Waals surface area (Å²) in [6.45, 7) is 21.2. The molecule has 0 amide bonds. The zero-order valence-electron chi connectivity index (χ0n) is 81.4. The number of para-hydroxylation sites is 2. The molecule has 0 saturated heterocycles. The lowest BCUT2D eigenvalue weighted by Crippen LogP contribution is -2.55. The Balaban J connectivity index is 0.000000165. The molecule has 8 saturated carbocycles. The van der Waals surface area contributed by atoms with Gasteiger partial charge in [-0.1, -0.05) is 256 Å². The van der Waals surface area contributed by atoms with E-state index in [1.165, 1.54) is 181 Å². The molecule has 0 radical (unpaired) electrons. The first-order chi connectivity index (χ1) is 67.6. The van der Waals surface area contributed by atoms with Crippen molar-refractivity contribution in [1.29, 1.82) is 0 Å². The molecule has 138 heavy (non-hydrogen) atoms. The number of anilines is 18. The van der Waals surface area contributed by atoms with Gasteiger partial charge in [0, 0.05) is 102 Å². The van der Waals surface area contributed by atoms with Gasteiger partial charge in [-0.3, -0.25) is 0 Å². The van der Waals surface area contributed by atoms with Gasteiger partial charge >= 0.3 is 0 Å². The van der Waals surface area contributed by atoms with Crippen molar-refractivity contribution in [2.45, 2.75) is 179 Å². The molecule has 0 N–H and O–H groups in total. The smallest absolute Gasteiger partial charge is 0.0463 e. The maximum atomic E-state index is 4.03. The topological polar surface area (TPSA) is 19.4 Å². The van der Waals surface area contributed by atoms with Crippen LogP contribution in [0.3, 0.4) is 0 Å². The van der Waals surface area contributed by atoms with Crippen molar-refractivity contribution in [2.75, 3.05) is 29.4 Å². The molecule has 8 aliphatic carbocycles. The summed E-state index contributed by atoms with van der Waals surface area (Å²) >= 11 is 0. The highest BCUT2D eigenvalue weighted by Crippen LogP contribution is 2.68. The van der Waals surface area contributed by atoms with Crippen molar-refractivity contribution in [3.05, 3.63) is 480 Å². The van der Waals surface area contributed by atoms with Gasteiger partial charge in [0.05, 0.1) is 0 Å². The van der Waals surface area contributed by atoms with Crippen LogP contribution in [0, 0.1) is 51.4 Å². The number of hydrogen-bond donors (Lipinski definition) is 0. The van der Waals surface area contributed by atoms with E-state index in [1.807, 2.05) is 12.2 Å². The number of unbranched alkanes of at least 4 members (excludes halogenated alkanes) is 2. The van der Waals surface area contributed by atoms with E-state index in [1.54, 1.807) is 11.1 Å². The highest BCUT2D eigenvalue weighted by Gasteiger charge is 2.60. The van der Waals surface area contributed by atoms with Crippen molar-refractivity contribution < 1.29 is 0 Å². The van der Waals surface area contributed by atoms with E-state index in [4.69, 9.17) is 0 Å². The molecule has 688 valence electrons. The summed E-state index contributed by atoms with van der Waals surface area (Å²) in [5.41, 5.74) is 37.7. The van der Waals surface area contributed by atoms with Gasteiger partial charge in [-0.2, -0.15) is 0 Å². The summed E-state index contributed by atoms with van der Waals surface area (Å²) in [5, 5.41) is 0. The van der Waals surface area contributed by atoms with Crippen LogP contribution < -0.4 is 29.4 Å². The van der Waals surface area contributed by atoms with Crippen LogP contribution >= 0.6 is 0 Å². The third kappa shape index (κ3) is 18.5. The molecule has 8 bridgehead atoms. The Morgan fingerprint density at radius 2 is 0.384 bits per heavy atom. The first kappa shape index (κ1) is 90.3. The molecule has 24 rings (SSSR count). The fourth-order valence-electron chi connectivity index (χ4n) is 25.8. The van der Waals surface area contributed by atoms with Crippen LogP contribution in [0.2, 0.25) is 0 Å². The second-order valence-corrected chi connectivity index (χ2v) is 41.4. The summed E-state index contributed by atoms with van der Waals surface area (Å²) in [5.74, 6) is 3.19.